The van der Waals surface area contributed by atoms with E-state index in [0.717, 1.165) is 0 Å². The van der Waals surface area contributed by atoms with Gasteiger partial charge >= 0.3 is 5.69 Å². The first kappa shape index (κ1) is 8.29. The quantitative estimate of drug-likeness (QED) is 0.552. The third-order valence-electron chi connectivity index (χ3n) is 1.51. The standard InChI is InChI=1S/C5H4IN5O2/c6-11-2-1(8-5(11)13)3(12)10-4(7)9-2/h(H,8,13)(H3,7,9,10,12). The smallest absolute Gasteiger partial charge is 0.336 e. The van der Waals surface area contributed by atoms with Crippen molar-refractivity contribution in [3.05, 3.63) is 20.8 Å². The van der Waals surface area contributed by atoms with Crippen molar-refractivity contribution in [2.24, 2.45) is 0 Å². The fourth-order valence-corrected chi connectivity index (χ4v) is 1.45. The second-order valence-electron chi connectivity index (χ2n) is 2.36. The monoisotopic (exact) mass is 293 g/mol. The van der Waals surface area contributed by atoms with Crippen LogP contribution in [0.15, 0.2) is 9.59 Å². The van der Waals surface area contributed by atoms with Gasteiger partial charge in [0.15, 0.2) is 11.2 Å². The molecule has 0 spiro atoms. The maximum absolute atomic E-state index is 11.2. The number of H-pyrrole nitrogens is 2. The van der Waals surface area contributed by atoms with Crippen LogP contribution in [0.3, 0.4) is 0 Å². The van der Waals surface area contributed by atoms with Crippen molar-refractivity contribution in [2.45, 2.75) is 0 Å². The van der Waals surface area contributed by atoms with E-state index in [1.165, 1.54) is 2.78 Å². The lowest BCUT2D eigenvalue weighted by molar-refractivity contribution is 1.16. The summed E-state index contributed by atoms with van der Waals surface area (Å²) in [6, 6.07) is 0. The summed E-state index contributed by atoms with van der Waals surface area (Å²) in [6.45, 7) is 0. The Kier molecular flexibility index (Phi) is 1.65. The Hall–Kier alpha value is -1.32. The van der Waals surface area contributed by atoms with Crippen molar-refractivity contribution in [2.75, 3.05) is 5.73 Å². The van der Waals surface area contributed by atoms with Crippen LogP contribution in [0.1, 0.15) is 0 Å². The van der Waals surface area contributed by atoms with Gasteiger partial charge in [-0.25, -0.2) is 7.58 Å². The lowest BCUT2D eigenvalue weighted by atomic mass is 10.5. The molecule has 4 N–H and O–H groups in total. The summed E-state index contributed by atoms with van der Waals surface area (Å²) in [4.78, 5) is 30.7. The molecule has 0 aromatic carbocycles. The summed E-state index contributed by atoms with van der Waals surface area (Å²) in [7, 11) is 0. The predicted molar refractivity (Wildman–Crippen MR) is 54.8 cm³/mol. The zero-order chi connectivity index (χ0) is 9.59. The van der Waals surface area contributed by atoms with Crippen LogP contribution < -0.4 is 17.0 Å². The van der Waals surface area contributed by atoms with Crippen LogP contribution in [-0.2, 0) is 0 Å². The van der Waals surface area contributed by atoms with Gasteiger partial charge in [-0.15, -0.1) is 0 Å². The van der Waals surface area contributed by atoms with E-state index in [4.69, 9.17) is 5.73 Å². The fourth-order valence-electron chi connectivity index (χ4n) is 0.985. The number of hydrogen-bond donors (Lipinski definition) is 3. The van der Waals surface area contributed by atoms with Gasteiger partial charge in [-0.1, -0.05) is 0 Å². The van der Waals surface area contributed by atoms with Crippen LogP contribution >= 0.6 is 22.9 Å². The van der Waals surface area contributed by atoms with Crippen LogP contribution in [-0.4, -0.2) is 17.7 Å². The van der Waals surface area contributed by atoms with Crippen LogP contribution in [0.5, 0.6) is 0 Å². The second-order valence-corrected chi connectivity index (χ2v) is 3.33. The Morgan fingerprint density at radius 3 is 2.77 bits per heavy atom. The minimum absolute atomic E-state index is 0.0121. The maximum Gasteiger partial charge on any atom is 0.336 e. The number of halogens is 1. The molecule has 0 radical (unpaired) electrons. The SMILES string of the molecule is Nc1nc2c([nH]c(=O)n2I)c(=O)[nH]1. The Labute approximate surface area is 84.5 Å². The molecule has 0 aliphatic carbocycles. The van der Waals surface area contributed by atoms with Crippen LogP contribution in [0.4, 0.5) is 5.95 Å². The summed E-state index contributed by atoms with van der Waals surface area (Å²) in [5, 5.41) is 0. The summed E-state index contributed by atoms with van der Waals surface area (Å²) in [6.07, 6.45) is 0. The molecule has 0 saturated carbocycles. The molecule has 2 aromatic heterocycles. The molecule has 0 fully saturated rings. The molecule has 0 aliphatic heterocycles. The third-order valence-corrected chi connectivity index (χ3v) is 2.41. The molecule has 2 aromatic rings. The lowest BCUT2D eigenvalue weighted by Crippen LogP contribution is -2.11. The Balaban J connectivity index is 3.12. The van der Waals surface area contributed by atoms with Crippen LogP contribution in [0.2, 0.25) is 0 Å². The molecule has 7 nitrogen and oxygen atoms in total. The summed E-state index contributed by atoms with van der Waals surface area (Å²) < 4.78 is 1.19. The normalized spacial score (nSPS) is 10.8. The molecular weight excluding hydrogens is 289 g/mol. The van der Waals surface area contributed by atoms with Crippen molar-refractivity contribution in [3.63, 3.8) is 0 Å². The highest BCUT2D eigenvalue weighted by Crippen LogP contribution is 2.04. The van der Waals surface area contributed by atoms with Crippen molar-refractivity contribution < 1.29 is 0 Å². The van der Waals surface area contributed by atoms with E-state index < -0.39 is 11.2 Å². The number of hydrogen-bond acceptors (Lipinski definition) is 4. The molecule has 0 atom stereocenters. The number of rotatable bonds is 0. The van der Waals surface area contributed by atoms with E-state index in [2.05, 4.69) is 15.0 Å². The first-order valence-corrected chi connectivity index (χ1v) is 4.23. The first-order valence-electron chi connectivity index (χ1n) is 3.26. The zero-order valence-corrected chi connectivity index (χ0v) is 8.32. The highest BCUT2D eigenvalue weighted by atomic mass is 127. The van der Waals surface area contributed by atoms with E-state index in [1.54, 1.807) is 22.9 Å². The van der Waals surface area contributed by atoms with Gasteiger partial charge in [-0.3, -0.25) is 14.8 Å². The number of aromatic amines is 2. The molecule has 0 unspecified atom stereocenters. The summed E-state index contributed by atoms with van der Waals surface area (Å²) in [5.41, 5.74) is 4.83. The number of nitrogens with two attached hydrogens (primary N) is 1. The predicted octanol–water partition coefficient (Wildman–Crippen LogP) is -0.807. The van der Waals surface area contributed by atoms with Gasteiger partial charge in [-0.2, -0.15) is 4.98 Å². The van der Waals surface area contributed by atoms with Gasteiger partial charge in [0.25, 0.3) is 5.56 Å². The van der Waals surface area contributed by atoms with E-state index in [0.29, 0.717) is 0 Å². The van der Waals surface area contributed by atoms with Crippen molar-refractivity contribution in [3.8, 4) is 0 Å². The zero-order valence-electron chi connectivity index (χ0n) is 6.17. The van der Waals surface area contributed by atoms with E-state index in [1.807, 2.05) is 0 Å². The molecule has 68 valence electrons. The van der Waals surface area contributed by atoms with Gasteiger partial charge in [0, 0.05) is 0 Å². The summed E-state index contributed by atoms with van der Waals surface area (Å²) >= 11 is 1.73. The molecule has 2 rings (SSSR count). The minimum Gasteiger partial charge on any atom is -0.369 e. The molecule has 0 saturated heterocycles. The lowest BCUT2D eigenvalue weighted by Gasteiger charge is -1.92. The van der Waals surface area contributed by atoms with Gasteiger partial charge in [0.1, 0.15) is 0 Å². The molecule has 13 heavy (non-hydrogen) atoms. The maximum atomic E-state index is 11.2. The average Bonchev–Trinajstić information content (AvgIpc) is 2.32. The molecule has 0 bridgehead atoms. The third kappa shape index (κ3) is 1.13. The van der Waals surface area contributed by atoms with Crippen LogP contribution in [0, 0.1) is 0 Å². The number of aromatic nitrogens is 4. The fraction of sp³-hybridized carbons (Fsp3) is 0. The largest absolute Gasteiger partial charge is 0.369 e. The highest BCUT2D eigenvalue weighted by Gasteiger charge is 2.09. The minimum atomic E-state index is -0.449. The molecule has 8 heteroatoms. The molecule has 0 amide bonds. The Morgan fingerprint density at radius 1 is 1.38 bits per heavy atom. The molecule has 2 heterocycles. The molecule has 0 aliphatic rings. The number of nitrogens with one attached hydrogen (secondary N) is 2. The topological polar surface area (TPSA) is 110 Å². The Morgan fingerprint density at radius 2 is 2.08 bits per heavy atom. The number of nitrogens with zero attached hydrogens (tertiary/aromatic N) is 2. The van der Waals surface area contributed by atoms with Gasteiger partial charge in [0.05, 0.1) is 22.9 Å². The Bertz CT molecular complexity index is 579. The number of nitrogen functional groups attached to an aromatic ring is 1. The van der Waals surface area contributed by atoms with E-state index in [-0.39, 0.29) is 17.1 Å². The van der Waals surface area contributed by atoms with Gasteiger partial charge < -0.3 is 5.73 Å². The average molecular weight is 293 g/mol. The summed E-state index contributed by atoms with van der Waals surface area (Å²) in [5.74, 6) is -0.0121. The first-order chi connectivity index (χ1) is 6.09. The van der Waals surface area contributed by atoms with Gasteiger partial charge in [-0.05, 0) is 0 Å². The second kappa shape index (κ2) is 2.58. The number of imidazole rings is 1. The van der Waals surface area contributed by atoms with Crippen LogP contribution in [0.25, 0.3) is 11.2 Å². The van der Waals surface area contributed by atoms with E-state index in [9.17, 15) is 9.59 Å². The van der Waals surface area contributed by atoms with Crippen molar-refractivity contribution >= 4 is 40.0 Å². The van der Waals surface area contributed by atoms with E-state index >= 15 is 0 Å². The van der Waals surface area contributed by atoms with Crippen molar-refractivity contribution in [1.82, 2.24) is 17.7 Å². The van der Waals surface area contributed by atoms with Crippen molar-refractivity contribution in [1.29, 1.82) is 0 Å². The van der Waals surface area contributed by atoms with Gasteiger partial charge in [0.2, 0.25) is 5.95 Å². The highest BCUT2D eigenvalue weighted by molar-refractivity contribution is 14.1. The number of anilines is 1. The number of fused-ring (bicyclic) bond motifs is 1. The molecular formula is C5H4IN5O2.